The number of nitrogens with zero attached hydrogens (tertiary/aromatic N) is 4. The molecule has 1 N–H and O–H groups in total. The monoisotopic (exact) mass is 362 g/mol. The van der Waals surface area contributed by atoms with Gasteiger partial charge in [-0.2, -0.15) is 0 Å². The maximum absolute atomic E-state index is 12.9. The number of benzene rings is 1. The van der Waals surface area contributed by atoms with Gasteiger partial charge >= 0.3 is 0 Å². The highest BCUT2D eigenvalue weighted by atomic mass is 32.1. The molecule has 0 aliphatic carbocycles. The zero-order valence-electron chi connectivity index (χ0n) is 13.8. The minimum absolute atomic E-state index is 0.204. The molecule has 0 atom stereocenters. The fourth-order valence-corrected chi connectivity index (χ4v) is 3.31. The second kappa shape index (κ2) is 6.53. The number of pyridine rings is 2. The molecular formula is C19H14N4O2S. The quantitative estimate of drug-likeness (QED) is 0.565. The van der Waals surface area contributed by atoms with Gasteiger partial charge in [0.25, 0.3) is 5.56 Å². The standard InChI is InChI=1S/C19H14N4O2S/c1-12-10-21-19(26-12)22-11-15-13-6-2-3-7-14(13)17(24)23(18(15)25)16-8-4-5-9-20-16/h2-11,25H,1H3/b22-11+. The topological polar surface area (TPSA) is 80.4 Å². The van der Waals surface area contributed by atoms with E-state index in [1.165, 1.54) is 22.1 Å². The molecule has 0 amide bonds. The van der Waals surface area contributed by atoms with E-state index in [1.807, 2.05) is 13.0 Å². The van der Waals surface area contributed by atoms with Crippen molar-refractivity contribution in [3.05, 3.63) is 75.7 Å². The smallest absolute Gasteiger partial charge is 0.267 e. The van der Waals surface area contributed by atoms with Gasteiger partial charge in [0.1, 0.15) is 5.82 Å². The first-order valence-corrected chi connectivity index (χ1v) is 8.71. The lowest BCUT2D eigenvalue weighted by Crippen LogP contribution is -2.20. The molecule has 0 radical (unpaired) electrons. The van der Waals surface area contributed by atoms with E-state index in [2.05, 4.69) is 15.0 Å². The molecule has 0 fully saturated rings. The Morgan fingerprint density at radius 1 is 1.12 bits per heavy atom. The summed E-state index contributed by atoms with van der Waals surface area (Å²) in [5, 5.41) is 12.5. The van der Waals surface area contributed by atoms with Crippen LogP contribution in [0, 0.1) is 6.92 Å². The van der Waals surface area contributed by atoms with Crippen LogP contribution in [0.15, 0.2) is 64.6 Å². The maximum atomic E-state index is 12.9. The van der Waals surface area contributed by atoms with Crippen LogP contribution in [-0.2, 0) is 0 Å². The van der Waals surface area contributed by atoms with Crippen LogP contribution in [0.1, 0.15) is 10.4 Å². The molecule has 3 heterocycles. The molecule has 7 heteroatoms. The minimum Gasteiger partial charge on any atom is -0.494 e. The molecule has 0 saturated carbocycles. The zero-order chi connectivity index (χ0) is 18.1. The van der Waals surface area contributed by atoms with E-state index in [-0.39, 0.29) is 11.4 Å². The first kappa shape index (κ1) is 16.2. The fraction of sp³-hybridized carbons (Fsp3) is 0.0526. The van der Waals surface area contributed by atoms with Crippen LogP contribution in [0.4, 0.5) is 5.13 Å². The number of thiazole rings is 1. The normalized spacial score (nSPS) is 11.4. The van der Waals surface area contributed by atoms with Crippen LogP contribution in [0.25, 0.3) is 16.6 Å². The van der Waals surface area contributed by atoms with Crippen molar-refractivity contribution in [1.29, 1.82) is 0 Å². The third-order valence-corrected chi connectivity index (χ3v) is 4.72. The van der Waals surface area contributed by atoms with Crippen LogP contribution in [0.2, 0.25) is 0 Å². The predicted molar refractivity (Wildman–Crippen MR) is 103 cm³/mol. The number of hydrogen-bond acceptors (Lipinski definition) is 6. The van der Waals surface area contributed by atoms with Crippen molar-refractivity contribution >= 4 is 33.5 Å². The maximum Gasteiger partial charge on any atom is 0.267 e. The van der Waals surface area contributed by atoms with Gasteiger partial charge in [-0.05, 0) is 25.1 Å². The number of fused-ring (bicyclic) bond motifs is 1. The molecule has 0 unspecified atom stereocenters. The van der Waals surface area contributed by atoms with Crippen LogP contribution < -0.4 is 5.56 Å². The molecule has 6 nitrogen and oxygen atoms in total. The Kier molecular flexibility index (Phi) is 4.06. The van der Waals surface area contributed by atoms with Gasteiger partial charge in [0, 0.05) is 34.3 Å². The number of aromatic hydroxyl groups is 1. The Labute approximate surface area is 152 Å². The van der Waals surface area contributed by atoms with Crippen molar-refractivity contribution in [2.45, 2.75) is 6.92 Å². The van der Waals surface area contributed by atoms with Gasteiger partial charge in [-0.3, -0.25) is 4.79 Å². The van der Waals surface area contributed by atoms with Crippen LogP contribution in [0.5, 0.6) is 5.88 Å². The second-order valence-electron chi connectivity index (χ2n) is 5.62. The highest BCUT2D eigenvalue weighted by Crippen LogP contribution is 2.26. The summed E-state index contributed by atoms with van der Waals surface area (Å²) in [7, 11) is 0. The van der Waals surface area contributed by atoms with Gasteiger partial charge in [0.2, 0.25) is 11.0 Å². The van der Waals surface area contributed by atoms with E-state index >= 15 is 0 Å². The van der Waals surface area contributed by atoms with E-state index < -0.39 is 0 Å². The Bertz CT molecular complexity index is 1180. The third kappa shape index (κ3) is 2.78. The van der Waals surface area contributed by atoms with Crippen LogP contribution in [-0.4, -0.2) is 25.9 Å². The lowest BCUT2D eigenvalue weighted by atomic mass is 10.1. The summed E-state index contributed by atoms with van der Waals surface area (Å²) in [5.74, 6) is 0.143. The van der Waals surface area contributed by atoms with Gasteiger partial charge in [-0.15, -0.1) is 11.3 Å². The summed E-state index contributed by atoms with van der Waals surface area (Å²) in [4.78, 5) is 26.7. The molecule has 3 aromatic heterocycles. The van der Waals surface area contributed by atoms with Gasteiger partial charge in [-0.1, -0.05) is 24.3 Å². The molecular weight excluding hydrogens is 348 g/mol. The van der Waals surface area contributed by atoms with Crippen molar-refractivity contribution in [2.75, 3.05) is 0 Å². The lowest BCUT2D eigenvalue weighted by Gasteiger charge is -2.12. The highest BCUT2D eigenvalue weighted by molar-refractivity contribution is 7.15. The van der Waals surface area contributed by atoms with E-state index in [9.17, 15) is 9.90 Å². The number of aromatic nitrogens is 3. The van der Waals surface area contributed by atoms with Crippen LogP contribution >= 0.6 is 11.3 Å². The SMILES string of the molecule is Cc1cnc(/N=C/c2c(O)n(-c3ccccn3)c(=O)c3ccccc23)s1. The lowest BCUT2D eigenvalue weighted by molar-refractivity contribution is 0.435. The summed E-state index contributed by atoms with van der Waals surface area (Å²) in [6.45, 7) is 1.95. The molecule has 0 aliphatic rings. The van der Waals surface area contributed by atoms with Gasteiger partial charge < -0.3 is 5.11 Å². The van der Waals surface area contributed by atoms with Crippen molar-refractivity contribution in [3.63, 3.8) is 0 Å². The van der Waals surface area contributed by atoms with E-state index in [1.54, 1.807) is 48.8 Å². The van der Waals surface area contributed by atoms with Crippen molar-refractivity contribution in [2.24, 2.45) is 4.99 Å². The zero-order valence-corrected chi connectivity index (χ0v) is 14.6. The minimum atomic E-state index is -0.334. The molecule has 128 valence electrons. The molecule has 0 spiro atoms. The summed E-state index contributed by atoms with van der Waals surface area (Å²) in [5.41, 5.74) is 0.109. The number of aryl methyl sites for hydroxylation is 1. The first-order chi connectivity index (χ1) is 12.6. The Morgan fingerprint density at radius 2 is 1.88 bits per heavy atom. The largest absolute Gasteiger partial charge is 0.494 e. The fourth-order valence-electron chi connectivity index (χ4n) is 2.71. The summed E-state index contributed by atoms with van der Waals surface area (Å²) in [6.07, 6.45) is 4.85. The van der Waals surface area contributed by atoms with E-state index in [0.29, 0.717) is 27.3 Å². The number of rotatable bonds is 3. The molecule has 4 aromatic rings. The first-order valence-electron chi connectivity index (χ1n) is 7.90. The average Bonchev–Trinajstić information content (AvgIpc) is 3.08. The van der Waals surface area contributed by atoms with Gasteiger partial charge in [0.15, 0.2) is 0 Å². The second-order valence-corrected chi connectivity index (χ2v) is 6.84. The molecule has 0 aliphatic heterocycles. The summed E-state index contributed by atoms with van der Waals surface area (Å²) < 4.78 is 1.19. The van der Waals surface area contributed by atoms with E-state index in [0.717, 1.165) is 4.88 Å². The predicted octanol–water partition coefficient (Wildman–Crippen LogP) is 3.61. The molecule has 0 saturated heterocycles. The van der Waals surface area contributed by atoms with E-state index in [4.69, 9.17) is 0 Å². The number of aliphatic imine (C=N–C) groups is 1. The van der Waals surface area contributed by atoms with Gasteiger partial charge in [-0.25, -0.2) is 19.5 Å². The summed E-state index contributed by atoms with van der Waals surface area (Å²) in [6, 6.07) is 12.3. The van der Waals surface area contributed by atoms with Crippen molar-refractivity contribution in [3.8, 4) is 11.7 Å². The van der Waals surface area contributed by atoms with Gasteiger partial charge in [0.05, 0.1) is 5.56 Å². The Balaban J connectivity index is 1.99. The molecule has 0 bridgehead atoms. The van der Waals surface area contributed by atoms with Crippen molar-refractivity contribution in [1.82, 2.24) is 14.5 Å². The average molecular weight is 362 g/mol. The summed E-state index contributed by atoms with van der Waals surface area (Å²) >= 11 is 1.45. The molecule has 26 heavy (non-hydrogen) atoms. The van der Waals surface area contributed by atoms with Crippen LogP contribution in [0.3, 0.4) is 0 Å². The Hall–Kier alpha value is -3.32. The molecule has 1 aromatic carbocycles. The Morgan fingerprint density at radius 3 is 2.58 bits per heavy atom. The van der Waals surface area contributed by atoms with Crippen molar-refractivity contribution < 1.29 is 5.11 Å². The molecule has 4 rings (SSSR count). The third-order valence-electron chi connectivity index (χ3n) is 3.89. The highest BCUT2D eigenvalue weighted by Gasteiger charge is 2.16. The number of hydrogen-bond donors (Lipinski definition) is 1.